The Hall–Kier alpha value is -6.38. The van der Waals surface area contributed by atoms with E-state index in [1.807, 2.05) is 0 Å². The molecule has 0 amide bonds. The van der Waals surface area contributed by atoms with Crippen LogP contribution in [-0.2, 0) is 6.42 Å². The summed E-state index contributed by atoms with van der Waals surface area (Å²) in [5.41, 5.74) is 15.1. The van der Waals surface area contributed by atoms with Crippen molar-refractivity contribution >= 4 is 55.6 Å². The first-order chi connectivity index (χ1) is 24.8. The minimum absolute atomic E-state index is 0.996. The largest absolute Gasteiger partial charge is 0.313 e. The number of nitrogens with zero attached hydrogens (tertiary/aromatic N) is 2. The number of benzene rings is 8. The molecule has 0 unspecified atom stereocenters. The summed E-state index contributed by atoms with van der Waals surface area (Å²) < 4.78 is 0. The predicted octanol–water partition coefficient (Wildman–Crippen LogP) is 13.0. The molecule has 236 valence electrons. The van der Waals surface area contributed by atoms with Crippen LogP contribution in [0.2, 0.25) is 0 Å². The number of anilines is 5. The molecule has 10 rings (SSSR count). The highest BCUT2D eigenvalue weighted by molar-refractivity contribution is 6.11. The Morgan fingerprint density at radius 2 is 1.04 bits per heavy atom. The summed E-state index contributed by atoms with van der Waals surface area (Å²) in [6, 6.07) is 66.5. The monoisotopic (exact) mass is 638 g/mol. The van der Waals surface area contributed by atoms with Crippen LogP contribution < -0.4 is 9.80 Å². The zero-order valence-corrected chi connectivity index (χ0v) is 27.6. The second kappa shape index (κ2) is 11.6. The van der Waals surface area contributed by atoms with Gasteiger partial charge < -0.3 is 9.80 Å². The molecule has 2 nitrogen and oxygen atoms in total. The maximum absolute atomic E-state index is 2.53. The van der Waals surface area contributed by atoms with E-state index in [9.17, 15) is 0 Å². The first kappa shape index (κ1) is 28.6. The van der Waals surface area contributed by atoms with Gasteiger partial charge in [0.05, 0.1) is 5.69 Å². The van der Waals surface area contributed by atoms with E-state index in [-0.39, 0.29) is 0 Å². The van der Waals surface area contributed by atoms with Gasteiger partial charge in [0.15, 0.2) is 0 Å². The Bertz CT molecular complexity index is 2580. The average molecular weight is 639 g/mol. The maximum Gasteiger partial charge on any atom is 0.0543 e. The lowest BCUT2D eigenvalue weighted by atomic mass is 9.80. The average Bonchev–Trinajstić information content (AvgIpc) is 3.19. The highest BCUT2D eigenvalue weighted by atomic mass is 15.2. The summed E-state index contributed by atoms with van der Waals surface area (Å²) >= 11 is 0. The Balaban J connectivity index is 1.11. The van der Waals surface area contributed by atoms with E-state index in [0.29, 0.717) is 0 Å². The smallest absolute Gasteiger partial charge is 0.0543 e. The minimum atomic E-state index is 0.996. The third-order valence-corrected chi connectivity index (χ3v) is 10.5. The van der Waals surface area contributed by atoms with Crippen molar-refractivity contribution in [2.24, 2.45) is 0 Å². The highest BCUT2D eigenvalue weighted by Gasteiger charge is 2.32. The number of rotatable bonds is 5. The van der Waals surface area contributed by atoms with Crippen LogP contribution in [0.25, 0.3) is 38.2 Å². The number of hydrogen-bond donors (Lipinski definition) is 0. The molecule has 0 atom stereocenters. The Morgan fingerprint density at radius 1 is 0.420 bits per heavy atom. The zero-order valence-electron chi connectivity index (χ0n) is 27.6. The van der Waals surface area contributed by atoms with Gasteiger partial charge in [0.25, 0.3) is 0 Å². The van der Waals surface area contributed by atoms with Crippen LogP contribution in [-0.4, -0.2) is 0 Å². The molecule has 0 saturated carbocycles. The van der Waals surface area contributed by atoms with E-state index in [1.54, 1.807) is 0 Å². The lowest BCUT2D eigenvalue weighted by Gasteiger charge is -2.38. The van der Waals surface area contributed by atoms with Crippen LogP contribution in [0, 0.1) is 0 Å². The molecule has 8 aromatic carbocycles. The third kappa shape index (κ3) is 4.64. The van der Waals surface area contributed by atoms with E-state index in [0.717, 1.165) is 29.9 Å². The van der Waals surface area contributed by atoms with E-state index in [1.165, 1.54) is 72.0 Å². The van der Waals surface area contributed by atoms with Gasteiger partial charge in [-0.05, 0) is 111 Å². The molecule has 0 spiro atoms. The second-order valence-corrected chi connectivity index (χ2v) is 13.3. The molecule has 0 radical (unpaired) electrons. The summed E-state index contributed by atoms with van der Waals surface area (Å²) in [7, 11) is 0. The molecule has 2 heteroatoms. The van der Waals surface area contributed by atoms with E-state index >= 15 is 0 Å². The van der Waals surface area contributed by atoms with Gasteiger partial charge in [0.1, 0.15) is 0 Å². The van der Waals surface area contributed by atoms with Crippen molar-refractivity contribution in [2.45, 2.75) is 12.8 Å². The number of hydrogen-bond acceptors (Lipinski definition) is 2. The number of allylic oxidation sites excluding steroid dienone is 1. The first-order valence-corrected chi connectivity index (χ1v) is 17.5. The van der Waals surface area contributed by atoms with Gasteiger partial charge in [0.2, 0.25) is 0 Å². The van der Waals surface area contributed by atoms with Crippen LogP contribution in [0.5, 0.6) is 0 Å². The summed E-state index contributed by atoms with van der Waals surface area (Å²) in [4.78, 5) is 4.90. The van der Waals surface area contributed by atoms with Gasteiger partial charge in [-0.3, -0.25) is 0 Å². The minimum Gasteiger partial charge on any atom is -0.313 e. The summed E-state index contributed by atoms with van der Waals surface area (Å²) in [6.45, 7) is 0. The normalized spacial score (nSPS) is 13.3. The molecular weight excluding hydrogens is 605 g/mol. The molecule has 0 aromatic heterocycles. The van der Waals surface area contributed by atoms with Crippen LogP contribution in [0.4, 0.5) is 28.4 Å². The fraction of sp³-hybridized carbons (Fsp3) is 0.0417. The fourth-order valence-electron chi connectivity index (χ4n) is 8.14. The van der Waals surface area contributed by atoms with Crippen molar-refractivity contribution < 1.29 is 0 Å². The Labute approximate surface area is 292 Å². The van der Waals surface area contributed by atoms with E-state index < -0.39 is 0 Å². The SMILES string of the molecule is c1ccc(-c2ccc(N(c3ccc(N4C5=C(c6ccccc6CC5)c5cccc6cccc4c56)cc3)c3ccc4ccccc4c3)cc2)cc1. The second-order valence-electron chi connectivity index (χ2n) is 13.3. The van der Waals surface area contributed by atoms with Crippen LogP contribution >= 0.6 is 0 Å². The summed E-state index contributed by atoms with van der Waals surface area (Å²) in [5, 5.41) is 5.07. The van der Waals surface area contributed by atoms with Crippen molar-refractivity contribution in [1.82, 2.24) is 0 Å². The quantitative estimate of drug-likeness (QED) is 0.185. The molecule has 0 bridgehead atoms. The molecule has 0 saturated heterocycles. The first-order valence-electron chi connectivity index (χ1n) is 17.5. The third-order valence-electron chi connectivity index (χ3n) is 10.5. The molecule has 0 N–H and O–H groups in total. The van der Waals surface area contributed by atoms with Crippen LogP contribution in [0.1, 0.15) is 23.1 Å². The Kier molecular flexibility index (Phi) is 6.67. The Morgan fingerprint density at radius 3 is 1.86 bits per heavy atom. The molecule has 2 aliphatic rings. The van der Waals surface area contributed by atoms with Gasteiger partial charge in [-0.1, -0.05) is 127 Å². The zero-order chi connectivity index (χ0) is 33.0. The van der Waals surface area contributed by atoms with Crippen molar-refractivity contribution in [1.29, 1.82) is 0 Å². The van der Waals surface area contributed by atoms with Crippen LogP contribution in [0.15, 0.2) is 188 Å². The van der Waals surface area contributed by atoms with Gasteiger partial charge >= 0.3 is 0 Å². The molecule has 1 aliphatic carbocycles. The number of aryl methyl sites for hydroxylation is 1. The van der Waals surface area contributed by atoms with Gasteiger partial charge in [0, 0.05) is 39.4 Å². The maximum atomic E-state index is 2.53. The van der Waals surface area contributed by atoms with Gasteiger partial charge in [-0.25, -0.2) is 0 Å². The van der Waals surface area contributed by atoms with E-state index in [2.05, 4.69) is 192 Å². The fourth-order valence-corrected chi connectivity index (χ4v) is 8.14. The predicted molar refractivity (Wildman–Crippen MR) is 211 cm³/mol. The van der Waals surface area contributed by atoms with Crippen molar-refractivity contribution in [2.75, 3.05) is 9.80 Å². The summed E-state index contributed by atoms with van der Waals surface area (Å²) in [6.07, 6.45) is 2.03. The number of fused-ring (bicyclic) bond motifs is 4. The van der Waals surface area contributed by atoms with Gasteiger partial charge in [-0.2, -0.15) is 0 Å². The van der Waals surface area contributed by atoms with E-state index in [4.69, 9.17) is 0 Å². The lowest BCUT2D eigenvalue weighted by molar-refractivity contribution is 0.883. The topological polar surface area (TPSA) is 6.48 Å². The molecular formula is C48H34N2. The molecule has 8 aromatic rings. The molecule has 1 heterocycles. The van der Waals surface area contributed by atoms with Gasteiger partial charge in [-0.15, -0.1) is 0 Å². The van der Waals surface area contributed by atoms with Crippen molar-refractivity contribution in [3.05, 3.63) is 204 Å². The lowest BCUT2D eigenvalue weighted by Crippen LogP contribution is -2.25. The summed E-state index contributed by atoms with van der Waals surface area (Å²) in [5.74, 6) is 0. The van der Waals surface area contributed by atoms with Crippen LogP contribution in [0.3, 0.4) is 0 Å². The highest BCUT2D eigenvalue weighted by Crippen LogP contribution is 2.51. The standard InChI is InChI=1S/C48H34N2/c1-2-10-33(11-3-1)35-20-24-39(25-21-35)49(42-26-22-34-12-4-5-14-38(34)32-42)40-27-29-41(30-28-40)50-45-19-9-16-37-15-8-18-44(47(37)45)48-43-17-7-6-13-36(43)23-31-46(48)50/h1-22,24-30,32H,23,31H2. The molecule has 0 fully saturated rings. The molecule has 50 heavy (non-hydrogen) atoms. The van der Waals surface area contributed by atoms with Crippen molar-refractivity contribution in [3.8, 4) is 11.1 Å². The molecule has 1 aliphatic heterocycles. The van der Waals surface area contributed by atoms with Crippen molar-refractivity contribution in [3.63, 3.8) is 0 Å².